The monoisotopic (exact) mass is 618 g/mol. The van der Waals surface area contributed by atoms with Gasteiger partial charge in [0.25, 0.3) is 0 Å². The van der Waals surface area contributed by atoms with Crippen LogP contribution in [0.2, 0.25) is 0 Å². The Labute approximate surface area is 269 Å². The van der Waals surface area contributed by atoms with E-state index in [1.807, 2.05) is 6.08 Å². The molecule has 1 saturated heterocycles. The first-order valence-corrected chi connectivity index (χ1v) is 16.5. The number of nitrogens with zero attached hydrogens (tertiary/aromatic N) is 2. The van der Waals surface area contributed by atoms with E-state index in [-0.39, 0.29) is 24.5 Å². The molecule has 2 atom stereocenters. The zero-order valence-corrected chi connectivity index (χ0v) is 28.0. The van der Waals surface area contributed by atoms with Crippen molar-refractivity contribution in [1.29, 1.82) is 5.41 Å². The third kappa shape index (κ3) is 9.12. The number of fused-ring (bicyclic) bond motifs is 1. The molecule has 1 unspecified atom stereocenters. The van der Waals surface area contributed by atoms with Crippen LogP contribution in [0.1, 0.15) is 76.1 Å². The lowest BCUT2D eigenvalue weighted by molar-refractivity contribution is -0.259. The highest BCUT2D eigenvalue weighted by Crippen LogP contribution is 2.39. The Morgan fingerprint density at radius 3 is 2.73 bits per heavy atom. The molecular weight excluding hydrogens is 564 g/mol. The summed E-state index contributed by atoms with van der Waals surface area (Å²) in [5.74, 6) is -0.154. The first-order valence-electron chi connectivity index (χ1n) is 16.5. The fourth-order valence-corrected chi connectivity index (χ4v) is 6.68. The number of rotatable bonds is 18. The van der Waals surface area contributed by atoms with Crippen molar-refractivity contribution in [2.45, 2.75) is 84.7 Å². The van der Waals surface area contributed by atoms with Crippen molar-refractivity contribution in [3.8, 4) is 11.1 Å². The molecule has 8 nitrogen and oxygen atoms in total. The van der Waals surface area contributed by atoms with Crippen molar-refractivity contribution in [2.75, 3.05) is 40.2 Å². The minimum Gasteiger partial charge on any atom is -0.379 e. The molecular formula is C37H54N4O4. The second-order valence-corrected chi connectivity index (χ2v) is 13.3. The Kier molecular flexibility index (Phi) is 12.9. The predicted molar refractivity (Wildman–Crippen MR) is 184 cm³/mol. The maximum Gasteiger partial charge on any atom is 0.112 e. The molecule has 0 radical (unpaired) electrons. The highest BCUT2D eigenvalue weighted by Gasteiger charge is 2.30. The fraction of sp³-hybridized carbons (Fsp3) is 0.541. The second kappa shape index (κ2) is 16.6. The quantitative estimate of drug-likeness (QED) is 0.0447. The van der Waals surface area contributed by atoms with Crippen LogP contribution in [0.3, 0.4) is 0 Å². The molecule has 0 bridgehead atoms. The number of methoxy groups -OCH3 is 1. The largest absolute Gasteiger partial charge is 0.379 e. The molecule has 0 spiro atoms. The van der Waals surface area contributed by atoms with Gasteiger partial charge in [-0.05, 0) is 92.2 Å². The van der Waals surface area contributed by atoms with Crippen molar-refractivity contribution in [1.82, 2.24) is 15.0 Å². The van der Waals surface area contributed by atoms with Gasteiger partial charge in [0.2, 0.25) is 0 Å². The summed E-state index contributed by atoms with van der Waals surface area (Å²) in [5.41, 5.74) is 10.8. The van der Waals surface area contributed by atoms with Gasteiger partial charge in [-0.2, -0.15) is 0 Å². The number of ether oxygens (including phenoxy) is 2. The van der Waals surface area contributed by atoms with Crippen LogP contribution in [0.5, 0.6) is 0 Å². The maximum atomic E-state index is 9.36. The van der Waals surface area contributed by atoms with Gasteiger partial charge in [-0.25, -0.2) is 9.90 Å². The number of hydrazine groups is 1. The van der Waals surface area contributed by atoms with Gasteiger partial charge in [-0.3, -0.25) is 10.7 Å². The van der Waals surface area contributed by atoms with Crippen LogP contribution in [0.15, 0.2) is 55.1 Å². The van der Waals surface area contributed by atoms with Gasteiger partial charge in [0.05, 0.1) is 13.2 Å². The Bertz CT molecular complexity index is 1410. The second-order valence-electron chi connectivity index (χ2n) is 13.3. The lowest BCUT2D eigenvalue weighted by atomic mass is 9.82. The van der Waals surface area contributed by atoms with Crippen molar-refractivity contribution >= 4 is 16.6 Å². The Balaban J connectivity index is 1.62. The number of aromatic nitrogens is 1. The van der Waals surface area contributed by atoms with Gasteiger partial charge in [-0.15, -0.1) is 6.58 Å². The lowest BCUT2D eigenvalue weighted by Crippen LogP contribution is -2.48. The topological polar surface area (TPSA) is 92.0 Å². The minimum absolute atomic E-state index is 0.154. The predicted octanol–water partition coefficient (Wildman–Crippen LogP) is 7.61. The third-order valence-electron chi connectivity index (χ3n) is 8.82. The summed E-state index contributed by atoms with van der Waals surface area (Å²) in [6.07, 6.45) is 7.60. The van der Waals surface area contributed by atoms with E-state index in [9.17, 15) is 5.26 Å². The van der Waals surface area contributed by atoms with E-state index in [1.54, 1.807) is 7.11 Å². The first kappa shape index (κ1) is 35.0. The Morgan fingerprint density at radius 2 is 2.02 bits per heavy atom. The molecule has 246 valence electrons. The van der Waals surface area contributed by atoms with Gasteiger partial charge in [0.1, 0.15) is 6.73 Å². The van der Waals surface area contributed by atoms with Crippen LogP contribution in [0, 0.1) is 10.8 Å². The SMILES string of the molecule is C=CCC(C(=N)COC)c1c(CC(C)(C)COO)c2cc(-c3cccc(CCCOCN4CCC[C@@H](C)N4)c3)ccc2n1CC. The molecule has 2 heterocycles. The van der Waals surface area contributed by atoms with Gasteiger partial charge < -0.3 is 19.5 Å². The number of nitrogens with one attached hydrogen (secondary N) is 2. The average molecular weight is 619 g/mol. The number of hydrogen-bond acceptors (Lipinski definition) is 7. The zero-order valence-electron chi connectivity index (χ0n) is 28.0. The normalized spacial score (nSPS) is 16.7. The molecule has 0 saturated carbocycles. The van der Waals surface area contributed by atoms with Crippen LogP contribution in [-0.2, 0) is 33.7 Å². The molecule has 4 rings (SSSR count). The molecule has 45 heavy (non-hydrogen) atoms. The van der Waals surface area contributed by atoms with Crippen LogP contribution in [0.25, 0.3) is 22.0 Å². The Morgan fingerprint density at radius 1 is 1.22 bits per heavy atom. The Hall–Kier alpha value is -2.85. The minimum atomic E-state index is -0.321. The van der Waals surface area contributed by atoms with Crippen molar-refractivity contribution < 1.29 is 19.6 Å². The van der Waals surface area contributed by atoms with Gasteiger partial charge in [0.15, 0.2) is 0 Å². The van der Waals surface area contributed by atoms with Crippen molar-refractivity contribution in [3.63, 3.8) is 0 Å². The molecule has 0 aliphatic carbocycles. The molecule has 2 aromatic carbocycles. The van der Waals surface area contributed by atoms with E-state index in [1.165, 1.54) is 34.9 Å². The molecule has 0 amide bonds. The van der Waals surface area contributed by atoms with Crippen LogP contribution in [0.4, 0.5) is 0 Å². The molecule has 1 aliphatic rings. The highest BCUT2D eigenvalue weighted by molar-refractivity contribution is 5.95. The molecule has 1 aliphatic heterocycles. The van der Waals surface area contributed by atoms with E-state index in [0.29, 0.717) is 31.3 Å². The van der Waals surface area contributed by atoms with Gasteiger partial charge >= 0.3 is 0 Å². The summed E-state index contributed by atoms with van der Waals surface area (Å²) in [7, 11) is 1.64. The summed E-state index contributed by atoms with van der Waals surface area (Å²) in [6.45, 7) is 16.3. The molecule has 3 N–H and O–H groups in total. The lowest BCUT2D eigenvalue weighted by Gasteiger charge is -2.31. The molecule has 1 fully saturated rings. The summed E-state index contributed by atoms with van der Waals surface area (Å²) in [5, 5.41) is 21.6. The van der Waals surface area contributed by atoms with Crippen molar-refractivity contribution in [2.24, 2.45) is 5.41 Å². The van der Waals surface area contributed by atoms with Gasteiger partial charge in [-0.1, -0.05) is 50.3 Å². The van der Waals surface area contributed by atoms with E-state index >= 15 is 0 Å². The van der Waals surface area contributed by atoms with E-state index < -0.39 is 0 Å². The van der Waals surface area contributed by atoms with Gasteiger partial charge in [0, 0.05) is 61.1 Å². The smallest absolute Gasteiger partial charge is 0.112 e. The fourth-order valence-electron chi connectivity index (χ4n) is 6.68. The van der Waals surface area contributed by atoms with Crippen LogP contribution < -0.4 is 5.43 Å². The number of allylic oxidation sites excluding steroid dienone is 1. The standard InChI is InChI=1S/C37H54N4O4/c1-7-12-31(34(38)24-43-6)36-33(23-37(4,5)25-45-42)32-22-30(17-18-35(32)41(36)8-2)29-16-9-14-28(21-29)15-11-20-44-26-40-19-10-13-27(3)39-40/h7,9,14,16-18,21-22,27,31,38-39,42H,1,8,10-13,15,19-20,23-26H2,2-6H3/t27-,31?/m1/s1. The number of hydrogen-bond donors (Lipinski definition) is 3. The first-order chi connectivity index (χ1) is 21.7. The van der Waals surface area contributed by atoms with Crippen LogP contribution in [-0.4, -0.2) is 66.8 Å². The van der Waals surface area contributed by atoms with E-state index in [0.717, 1.165) is 49.3 Å². The van der Waals surface area contributed by atoms with Crippen molar-refractivity contribution in [3.05, 3.63) is 71.9 Å². The molecule has 3 aromatic rings. The average Bonchev–Trinajstić information content (AvgIpc) is 3.31. The van der Waals surface area contributed by atoms with Crippen LogP contribution >= 0.6 is 0 Å². The molecule has 1 aromatic heterocycles. The maximum absolute atomic E-state index is 9.36. The summed E-state index contributed by atoms with van der Waals surface area (Å²) < 4.78 is 13.7. The zero-order chi connectivity index (χ0) is 32.4. The van der Waals surface area contributed by atoms with E-state index in [2.05, 4.69) is 96.6 Å². The third-order valence-corrected chi connectivity index (χ3v) is 8.82. The number of aryl methyl sites for hydroxylation is 2. The summed E-state index contributed by atoms with van der Waals surface area (Å²) in [6, 6.07) is 16.1. The van der Waals surface area contributed by atoms with E-state index in [4.69, 9.17) is 14.9 Å². The summed E-state index contributed by atoms with van der Waals surface area (Å²) in [4.78, 5) is 4.65. The highest BCUT2D eigenvalue weighted by atomic mass is 17.1. The summed E-state index contributed by atoms with van der Waals surface area (Å²) >= 11 is 0. The number of benzene rings is 2. The molecule has 8 heteroatoms.